The Morgan fingerprint density at radius 2 is 2.08 bits per heavy atom. The van der Waals surface area contributed by atoms with Gasteiger partial charge in [-0.2, -0.15) is 0 Å². The van der Waals surface area contributed by atoms with Gasteiger partial charge in [0.15, 0.2) is 5.11 Å². The van der Waals surface area contributed by atoms with E-state index in [4.69, 9.17) is 17.0 Å². The molecule has 3 rings (SSSR count). The number of anilines is 1. The largest absolute Gasteiger partial charge is 0.465 e. The first-order valence-electron chi connectivity index (χ1n) is 8.35. The number of methoxy groups -OCH3 is 1. The smallest absolute Gasteiger partial charge is 0.341 e. The fourth-order valence-corrected chi connectivity index (χ4v) is 4.63. The van der Waals surface area contributed by atoms with Crippen molar-refractivity contribution in [2.75, 3.05) is 12.4 Å². The number of fused-ring (bicyclic) bond motifs is 1. The van der Waals surface area contributed by atoms with Gasteiger partial charge in [-0.15, -0.1) is 11.3 Å². The first kappa shape index (κ1) is 17.9. The second-order valence-corrected chi connectivity index (χ2v) is 7.85. The molecule has 0 saturated carbocycles. The summed E-state index contributed by atoms with van der Waals surface area (Å²) in [5.41, 5.74) is 4.19. The summed E-state index contributed by atoms with van der Waals surface area (Å²) in [6.45, 7) is 3.92. The van der Waals surface area contributed by atoms with E-state index in [1.165, 1.54) is 29.6 Å². The minimum atomic E-state index is -0.338. The number of esters is 1. The molecular formula is C19H22N2O2S2. The number of thiophene rings is 1. The molecule has 4 nitrogen and oxygen atoms in total. The summed E-state index contributed by atoms with van der Waals surface area (Å²) in [6.07, 6.45) is 3.30. The van der Waals surface area contributed by atoms with E-state index in [1.54, 1.807) is 0 Å². The fraction of sp³-hybridized carbons (Fsp3) is 0.368. The van der Waals surface area contributed by atoms with E-state index in [-0.39, 0.29) is 12.0 Å². The van der Waals surface area contributed by atoms with Crippen LogP contribution in [0.1, 0.15) is 50.8 Å². The van der Waals surface area contributed by atoms with Crippen LogP contribution in [0, 0.1) is 13.8 Å². The lowest BCUT2D eigenvalue weighted by Gasteiger charge is -2.27. The van der Waals surface area contributed by atoms with Crippen molar-refractivity contribution in [1.82, 2.24) is 5.32 Å². The van der Waals surface area contributed by atoms with E-state index < -0.39 is 0 Å². The zero-order chi connectivity index (χ0) is 18.0. The summed E-state index contributed by atoms with van der Waals surface area (Å²) >= 11 is 7.03. The number of hydrogen-bond donors (Lipinski definition) is 2. The SMILES string of the molecule is COC(=O)c1c(NC(=S)NC2CCCc3ccccc32)sc(C)c1C. The number of benzene rings is 1. The Morgan fingerprint density at radius 3 is 2.84 bits per heavy atom. The summed E-state index contributed by atoms with van der Waals surface area (Å²) in [5, 5.41) is 7.89. The third-order valence-corrected chi connectivity index (χ3v) is 6.02. The van der Waals surface area contributed by atoms with E-state index in [2.05, 4.69) is 34.9 Å². The standard InChI is InChI=1S/C19H22N2O2S2/c1-11-12(2)25-17(16(11)18(22)23-3)21-19(24)20-15-10-6-8-13-7-4-5-9-14(13)15/h4-5,7,9,15H,6,8,10H2,1-3H3,(H2,20,21,24). The van der Waals surface area contributed by atoms with Crippen molar-refractivity contribution in [2.45, 2.75) is 39.2 Å². The normalized spacial score (nSPS) is 16.0. The number of thiocarbonyl (C=S) groups is 1. The van der Waals surface area contributed by atoms with E-state index >= 15 is 0 Å². The molecule has 1 atom stereocenters. The maximum absolute atomic E-state index is 12.1. The zero-order valence-electron chi connectivity index (χ0n) is 14.6. The highest BCUT2D eigenvalue weighted by Gasteiger charge is 2.23. The molecule has 132 valence electrons. The highest BCUT2D eigenvalue weighted by Crippen LogP contribution is 2.33. The number of carbonyl (C=O) groups excluding carboxylic acids is 1. The van der Waals surface area contributed by atoms with Gasteiger partial charge in [0.2, 0.25) is 0 Å². The van der Waals surface area contributed by atoms with Crippen molar-refractivity contribution < 1.29 is 9.53 Å². The third kappa shape index (κ3) is 3.70. The van der Waals surface area contributed by atoms with Gasteiger partial charge in [-0.1, -0.05) is 24.3 Å². The van der Waals surface area contributed by atoms with E-state index in [9.17, 15) is 4.79 Å². The van der Waals surface area contributed by atoms with Crippen molar-refractivity contribution >= 4 is 39.6 Å². The molecular weight excluding hydrogens is 352 g/mol. The van der Waals surface area contributed by atoms with Crippen molar-refractivity contribution in [1.29, 1.82) is 0 Å². The molecule has 0 saturated heterocycles. The molecule has 1 aromatic heterocycles. The molecule has 0 amide bonds. The number of carbonyl (C=O) groups is 1. The van der Waals surface area contributed by atoms with Gasteiger partial charge in [-0.05, 0) is 62.0 Å². The second kappa shape index (κ2) is 7.54. The molecule has 0 bridgehead atoms. The first-order valence-corrected chi connectivity index (χ1v) is 9.57. The van der Waals surface area contributed by atoms with Gasteiger partial charge >= 0.3 is 5.97 Å². The highest BCUT2D eigenvalue weighted by atomic mass is 32.1. The Balaban J connectivity index is 1.76. The number of rotatable bonds is 3. The average molecular weight is 375 g/mol. The summed E-state index contributed by atoms with van der Waals surface area (Å²) in [6, 6.07) is 8.69. The van der Waals surface area contributed by atoms with Crippen molar-refractivity contribution in [3.8, 4) is 0 Å². The van der Waals surface area contributed by atoms with Gasteiger partial charge in [0.25, 0.3) is 0 Å². The predicted octanol–water partition coefficient (Wildman–Crippen LogP) is 4.52. The van der Waals surface area contributed by atoms with Crippen LogP contribution in [-0.2, 0) is 11.2 Å². The Hall–Kier alpha value is -1.92. The van der Waals surface area contributed by atoms with Crippen LogP contribution in [0.4, 0.5) is 5.00 Å². The third-order valence-electron chi connectivity index (χ3n) is 4.68. The van der Waals surface area contributed by atoms with Crippen LogP contribution >= 0.6 is 23.6 Å². The maximum Gasteiger partial charge on any atom is 0.341 e. The molecule has 1 aliphatic carbocycles. The molecule has 2 aromatic rings. The average Bonchev–Trinajstić information content (AvgIpc) is 2.88. The molecule has 1 unspecified atom stereocenters. The van der Waals surface area contributed by atoms with E-state index in [0.29, 0.717) is 10.7 Å². The van der Waals surface area contributed by atoms with Crippen LogP contribution in [0.3, 0.4) is 0 Å². The molecule has 25 heavy (non-hydrogen) atoms. The van der Waals surface area contributed by atoms with Gasteiger partial charge in [-0.25, -0.2) is 4.79 Å². The number of nitrogens with one attached hydrogen (secondary N) is 2. The first-order chi connectivity index (χ1) is 12.0. The second-order valence-electron chi connectivity index (χ2n) is 6.22. The van der Waals surface area contributed by atoms with Crippen molar-refractivity contribution in [3.63, 3.8) is 0 Å². The van der Waals surface area contributed by atoms with Gasteiger partial charge in [0, 0.05) is 4.88 Å². The summed E-state index contributed by atoms with van der Waals surface area (Å²) < 4.78 is 4.91. The quantitative estimate of drug-likeness (QED) is 0.611. The molecule has 0 aliphatic heterocycles. The van der Waals surface area contributed by atoms with E-state index in [1.807, 2.05) is 13.8 Å². The van der Waals surface area contributed by atoms with Gasteiger partial charge in [0.05, 0.1) is 18.7 Å². The maximum atomic E-state index is 12.1. The highest BCUT2D eigenvalue weighted by molar-refractivity contribution is 7.80. The van der Waals surface area contributed by atoms with Crippen LogP contribution in [0.2, 0.25) is 0 Å². The minimum Gasteiger partial charge on any atom is -0.465 e. The topological polar surface area (TPSA) is 50.4 Å². The minimum absolute atomic E-state index is 0.202. The molecule has 6 heteroatoms. The van der Waals surface area contributed by atoms with Gasteiger partial charge in [0.1, 0.15) is 5.00 Å². The fourth-order valence-electron chi connectivity index (χ4n) is 3.26. The molecule has 0 radical (unpaired) electrons. The van der Waals surface area contributed by atoms with Gasteiger partial charge < -0.3 is 15.4 Å². The number of hydrogen-bond acceptors (Lipinski definition) is 4. The number of aryl methyl sites for hydroxylation is 2. The van der Waals surface area contributed by atoms with Crippen LogP contribution < -0.4 is 10.6 Å². The monoisotopic (exact) mass is 374 g/mol. The molecule has 1 aliphatic rings. The van der Waals surface area contributed by atoms with Crippen LogP contribution in [-0.4, -0.2) is 18.2 Å². The lowest BCUT2D eigenvalue weighted by molar-refractivity contribution is 0.0601. The molecule has 1 aromatic carbocycles. The molecule has 0 spiro atoms. The molecule has 2 N–H and O–H groups in total. The van der Waals surface area contributed by atoms with Crippen molar-refractivity contribution in [3.05, 3.63) is 51.4 Å². The Labute approximate surface area is 157 Å². The summed E-state index contributed by atoms with van der Waals surface area (Å²) in [7, 11) is 1.40. The molecule has 0 fully saturated rings. The van der Waals surface area contributed by atoms with Gasteiger partial charge in [-0.3, -0.25) is 0 Å². The lowest BCUT2D eigenvalue weighted by atomic mass is 9.88. The van der Waals surface area contributed by atoms with Crippen LogP contribution in [0.5, 0.6) is 0 Å². The molecule has 1 heterocycles. The summed E-state index contributed by atoms with van der Waals surface area (Å²) in [5.74, 6) is -0.338. The number of ether oxygens (including phenoxy) is 1. The van der Waals surface area contributed by atoms with Crippen LogP contribution in [0.15, 0.2) is 24.3 Å². The van der Waals surface area contributed by atoms with Crippen molar-refractivity contribution in [2.24, 2.45) is 0 Å². The zero-order valence-corrected chi connectivity index (χ0v) is 16.3. The Kier molecular flexibility index (Phi) is 5.39. The lowest BCUT2D eigenvalue weighted by Crippen LogP contribution is -2.34. The van der Waals surface area contributed by atoms with Crippen LogP contribution in [0.25, 0.3) is 0 Å². The van der Waals surface area contributed by atoms with E-state index in [0.717, 1.165) is 34.7 Å². The Bertz CT molecular complexity index is 814. The summed E-state index contributed by atoms with van der Waals surface area (Å²) in [4.78, 5) is 13.2. The predicted molar refractivity (Wildman–Crippen MR) is 107 cm³/mol. The Morgan fingerprint density at radius 1 is 1.32 bits per heavy atom.